The van der Waals surface area contributed by atoms with Crippen LogP contribution in [0.15, 0.2) is 5.38 Å². The number of hydrogen-bond donors (Lipinski definition) is 2. The van der Waals surface area contributed by atoms with Gasteiger partial charge in [-0.2, -0.15) is 0 Å². The largest absolute Gasteiger partial charge is 0.512 e. The molecular formula is C9H15BClNO3S. The summed E-state index contributed by atoms with van der Waals surface area (Å²) in [6, 6.07) is 0. The highest BCUT2D eigenvalue weighted by Gasteiger charge is 2.40. The van der Waals surface area contributed by atoms with Gasteiger partial charge in [0, 0.05) is 5.38 Å². The van der Waals surface area contributed by atoms with E-state index in [1.165, 1.54) is 11.3 Å². The predicted molar refractivity (Wildman–Crippen MR) is 66.2 cm³/mol. The van der Waals surface area contributed by atoms with Gasteiger partial charge in [-0.05, 0) is 27.7 Å². The van der Waals surface area contributed by atoms with Crippen molar-refractivity contribution in [2.45, 2.75) is 38.9 Å². The second-order valence-electron chi connectivity index (χ2n) is 4.56. The number of rotatable bonds is 4. The molecule has 0 unspecified atom stereocenters. The molecule has 0 aliphatic rings. The molecule has 0 atom stereocenters. The highest BCUT2D eigenvalue weighted by Crippen LogP contribution is 2.25. The van der Waals surface area contributed by atoms with E-state index in [-0.39, 0.29) is 0 Å². The maximum atomic E-state index is 9.87. The average molecular weight is 264 g/mol. The molecule has 90 valence electrons. The van der Waals surface area contributed by atoms with Crippen LogP contribution in [0.4, 0.5) is 0 Å². The molecule has 0 saturated heterocycles. The van der Waals surface area contributed by atoms with Crippen molar-refractivity contribution in [2.24, 2.45) is 0 Å². The third-order valence-electron chi connectivity index (χ3n) is 2.63. The molecule has 0 spiro atoms. The van der Waals surface area contributed by atoms with Crippen LogP contribution in [0.1, 0.15) is 27.7 Å². The van der Waals surface area contributed by atoms with Crippen molar-refractivity contribution in [3.63, 3.8) is 0 Å². The molecule has 0 radical (unpaired) electrons. The monoisotopic (exact) mass is 263 g/mol. The Kier molecular flexibility index (Phi) is 4.02. The van der Waals surface area contributed by atoms with Gasteiger partial charge in [-0.3, -0.25) is 0 Å². The molecule has 16 heavy (non-hydrogen) atoms. The minimum atomic E-state index is -1.19. The van der Waals surface area contributed by atoms with Gasteiger partial charge in [0.2, 0.25) is 0 Å². The number of thiazole rings is 1. The number of nitrogens with zero attached hydrogens (tertiary/aromatic N) is 1. The summed E-state index contributed by atoms with van der Waals surface area (Å²) in [5.74, 6) is 0. The van der Waals surface area contributed by atoms with E-state index in [4.69, 9.17) is 16.3 Å². The molecule has 0 aliphatic carbocycles. The zero-order valence-corrected chi connectivity index (χ0v) is 11.3. The van der Waals surface area contributed by atoms with Crippen molar-refractivity contribution in [1.29, 1.82) is 0 Å². The quantitative estimate of drug-likeness (QED) is 0.797. The number of aromatic nitrogens is 1. The third kappa shape index (κ3) is 3.18. The van der Waals surface area contributed by atoms with E-state index in [0.717, 1.165) is 0 Å². The molecule has 1 heterocycles. The van der Waals surface area contributed by atoms with E-state index < -0.39 is 18.3 Å². The molecule has 0 amide bonds. The topological polar surface area (TPSA) is 62.6 Å². The Morgan fingerprint density at radius 1 is 1.44 bits per heavy atom. The molecule has 1 rings (SSSR count). The molecule has 0 aliphatic heterocycles. The van der Waals surface area contributed by atoms with Crippen LogP contribution >= 0.6 is 22.9 Å². The SMILES string of the molecule is CC(C)(O)C(C)(C)OB(O)c1csc(Cl)n1. The van der Waals surface area contributed by atoms with E-state index in [0.29, 0.717) is 10.1 Å². The Labute approximate surface area is 104 Å². The van der Waals surface area contributed by atoms with Gasteiger partial charge in [-0.15, -0.1) is 11.3 Å². The standard InChI is InChI=1S/C9H15BClNO3S/c1-8(2,13)9(3,4)15-10(14)6-5-16-7(11)12-6/h5,13-14H,1-4H3. The molecule has 0 bridgehead atoms. The molecule has 7 heteroatoms. The van der Waals surface area contributed by atoms with Gasteiger partial charge in [0.25, 0.3) is 0 Å². The molecule has 0 saturated carbocycles. The van der Waals surface area contributed by atoms with Crippen LogP contribution in [-0.4, -0.2) is 33.4 Å². The van der Waals surface area contributed by atoms with Gasteiger partial charge in [0.1, 0.15) is 0 Å². The summed E-state index contributed by atoms with van der Waals surface area (Å²) >= 11 is 6.88. The second kappa shape index (κ2) is 4.62. The van der Waals surface area contributed by atoms with E-state index in [1.54, 1.807) is 33.1 Å². The van der Waals surface area contributed by atoms with Crippen molar-refractivity contribution in [3.05, 3.63) is 9.85 Å². The first kappa shape index (κ1) is 13.9. The highest BCUT2D eigenvalue weighted by molar-refractivity contribution is 7.14. The predicted octanol–water partition coefficient (Wildman–Crippen LogP) is 1.05. The first-order chi connectivity index (χ1) is 7.13. The Balaban J connectivity index is 2.75. The zero-order chi connectivity index (χ0) is 12.6. The lowest BCUT2D eigenvalue weighted by Crippen LogP contribution is -2.53. The Morgan fingerprint density at radius 3 is 2.38 bits per heavy atom. The fourth-order valence-electron chi connectivity index (χ4n) is 0.860. The zero-order valence-electron chi connectivity index (χ0n) is 9.69. The van der Waals surface area contributed by atoms with E-state index in [1.807, 2.05) is 0 Å². The smallest absolute Gasteiger partial charge is 0.422 e. The van der Waals surface area contributed by atoms with Crippen LogP contribution in [0.3, 0.4) is 0 Å². The molecule has 1 aromatic rings. The Bertz CT molecular complexity index is 364. The molecule has 2 N–H and O–H groups in total. The number of halogens is 1. The first-order valence-corrected chi connectivity index (χ1v) is 6.08. The van der Waals surface area contributed by atoms with Gasteiger partial charge < -0.3 is 14.8 Å². The van der Waals surface area contributed by atoms with Crippen LogP contribution in [-0.2, 0) is 4.65 Å². The van der Waals surface area contributed by atoms with Crippen molar-refractivity contribution in [1.82, 2.24) is 4.98 Å². The summed E-state index contributed by atoms with van der Waals surface area (Å²) in [5, 5.41) is 21.3. The van der Waals surface area contributed by atoms with E-state index >= 15 is 0 Å². The average Bonchev–Trinajstić information content (AvgIpc) is 2.48. The lowest BCUT2D eigenvalue weighted by molar-refractivity contribution is -0.0983. The fourth-order valence-corrected chi connectivity index (χ4v) is 1.64. The summed E-state index contributed by atoms with van der Waals surface area (Å²) in [4.78, 5) is 3.90. The summed E-state index contributed by atoms with van der Waals surface area (Å²) in [6.45, 7) is 6.63. The maximum Gasteiger partial charge on any atom is 0.512 e. The van der Waals surface area contributed by atoms with Gasteiger partial charge in [0.05, 0.1) is 16.8 Å². The van der Waals surface area contributed by atoms with Crippen LogP contribution in [0, 0.1) is 0 Å². The minimum Gasteiger partial charge on any atom is -0.422 e. The lowest BCUT2D eigenvalue weighted by Gasteiger charge is -2.38. The first-order valence-electron chi connectivity index (χ1n) is 4.83. The second-order valence-corrected chi connectivity index (χ2v) is 6.01. The van der Waals surface area contributed by atoms with Gasteiger partial charge in [0.15, 0.2) is 4.47 Å². The molecule has 0 aromatic carbocycles. The third-order valence-corrected chi connectivity index (χ3v) is 3.62. The molecule has 1 aromatic heterocycles. The minimum absolute atomic E-state index is 0.346. The van der Waals surface area contributed by atoms with E-state index in [9.17, 15) is 10.1 Å². The fraction of sp³-hybridized carbons (Fsp3) is 0.667. The number of aliphatic hydroxyl groups is 1. The van der Waals surface area contributed by atoms with Crippen LogP contribution in [0.5, 0.6) is 0 Å². The highest BCUT2D eigenvalue weighted by atomic mass is 35.5. The Morgan fingerprint density at radius 2 is 2.00 bits per heavy atom. The van der Waals surface area contributed by atoms with Crippen LogP contribution in [0.25, 0.3) is 0 Å². The van der Waals surface area contributed by atoms with Crippen molar-refractivity contribution >= 4 is 35.6 Å². The van der Waals surface area contributed by atoms with Crippen LogP contribution < -0.4 is 5.59 Å². The van der Waals surface area contributed by atoms with Gasteiger partial charge >= 0.3 is 7.12 Å². The van der Waals surface area contributed by atoms with Crippen molar-refractivity contribution < 1.29 is 14.8 Å². The van der Waals surface area contributed by atoms with Crippen LogP contribution in [0.2, 0.25) is 4.47 Å². The maximum absolute atomic E-state index is 9.87. The molecule has 0 fully saturated rings. The van der Waals surface area contributed by atoms with Crippen molar-refractivity contribution in [3.8, 4) is 0 Å². The van der Waals surface area contributed by atoms with E-state index in [2.05, 4.69) is 4.98 Å². The Hall–Kier alpha value is -0.135. The van der Waals surface area contributed by atoms with Gasteiger partial charge in [-0.1, -0.05) is 11.6 Å². The normalized spacial score (nSPS) is 12.9. The van der Waals surface area contributed by atoms with Crippen molar-refractivity contribution in [2.75, 3.05) is 0 Å². The summed E-state index contributed by atoms with van der Waals surface area (Å²) in [6.07, 6.45) is 0. The summed E-state index contributed by atoms with van der Waals surface area (Å²) in [5.41, 5.74) is -1.62. The lowest BCUT2D eigenvalue weighted by atomic mass is 9.81. The van der Waals surface area contributed by atoms with Gasteiger partial charge in [-0.25, -0.2) is 4.98 Å². The number of hydrogen-bond acceptors (Lipinski definition) is 5. The summed E-state index contributed by atoms with van der Waals surface area (Å²) < 4.78 is 5.74. The summed E-state index contributed by atoms with van der Waals surface area (Å²) in [7, 11) is -1.19. The molecule has 4 nitrogen and oxygen atoms in total. The molecular weight excluding hydrogens is 248 g/mol.